The number of carbonyl (C=O) groups excluding carboxylic acids is 1. The molecule has 2 nitrogen and oxygen atoms in total. The van der Waals surface area contributed by atoms with Crippen LogP contribution in [0.4, 0.5) is 0 Å². The van der Waals surface area contributed by atoms with Gasteiger partial charge in [-0.15, -0.1) is 0 Å². The monoisotopic (exact) mass is 446 g/mol. The fourth-order valence-electron chi connectivity index (χ4n) is 4.93. The summed E-state index contributed by atoms with van der Waals surface area (Å²) >= 11 is 0. The van der Waals surface area contributed by atoms with Gasteiger partial charge in [-0.2, -0.15) is 0 Å². The molecule has 2 aromatic carbocycles. The third-order valence-electron chi connectivity index (χ3n) is 7.30. The van der Waals surface area contributed by atoms with E-state index < -0.39 is 0 Å². The number of benzene rings is 2. The van der Waals surface area contributed by atoms with Crippen LogP contribution >= 0.6 is 0 Å². The fraction of sp³-hybridized carbons (Fsp3) is 0.516. The Morgan fingerprint density at radius 3 is 2.12 bits per heavy atom. The zero-order chi connectivity index (χ0) is 24.4. The van der Waals surface area contributed by atoms with Crippen molar-refractivity contribution in [2.75, 3.05) is 6.61 Å². The largest absolute Gasteiger partial charge is 0.462 e. The number of aryl methyl sites for hydroxylation is 1. The zero-order valence-electron chi connectivity index (χ0n) is 22.0. The van der Waals surface area contributed by atoms with E-state index in [-0.39, 0.29) is 16.8 Å². The van der Waals surface area contributed by atoms with Crippen molar-refractivity contribution in [3.05, 3.63) is 69.8 Å². The highest BCUT2D eigenvalue weighted by Gasteiger charge is 2.37. The first kappa shape index (κ1) is 25.3. The molecular formula is C31H42O2. The molecule has 0 heterocycles. The van der Waals surface area contributed by atoms with Gasteiger partial charge in [0.2, 0.25) is 0 Å². The van der Waals surface area contributed by atoms with Gasteiger partial charge in [-0.25, -0.2) is 4.79 Å². The minimum absolute atomic E-state index is 0.192. The van der Waals surface area contributed by atoms with Crippen molar-refractivity contribution in [1.82, 2.24) is 0 Å². The SMILES string of the molecule is CCOC(=O)c1ccc(C=C(C)c2cc3c(cc2CCC(C)C)C(C)(C)CCC3(C)C)cc1. The summed E-state index contributed by atoms with van der Waals surface area (Å²) in [6.07, 6.45) is 6.99. The van der Waals surface area contributed by atoms with E-state index in [1.807, 2.05) is 31.2 Å². The molecule has 0 fully saturated rings. The van der Waals surface area contributed by atoms with Crippen LogP contribution in [0, 0.1) is 5.92 Å². The number of allylic oxidation sites excluding steroid dienone is 1. The zero-order valence-corrected chi connectivity index (χ0v) is 22.0. The van der Waals surface area contributed by atoms with E-state index in [2.05, 4.69) is 66.7 Å². The van der Waals surface area contributed by atoms with Gasteiger partial charge in [-0.1, -0.05) is 71.9 Å². The molecule has 0 spiro atoms. The van der Waals surface area contributed by atoms with E-state index in [1.54, 1.807) is 0 Å². The number of esters is 1. The summed E-state index contributed by atoms with van der Waals surface area (Å²) in [4.78, 5) is 12.0. The molecule has 0 radical (unpaired) electrons. The summed E-state index contributed by atoms with van der Waals surface area (Å²) in [6.45, 7) is 18.7. The van der Waals surface area contributed by atoms with Crippen molar-refractivity contribution >= 4 is 17.6 Å². The third kappa shape index (κ3) is 5.78. The summed E-state index contributed by atoms with van der Waals surface area (Å²) in [7, 11) is 0. The van der Waals surface area contributed by atoms with Crippen LogP contribution in [0.3, 0.4) is 0 Å². The highest BCUT2D eigenvalue weighted by Crippen LogP contribution is 2.47. The molecule has 33 heavy (non-hydrogen) atoms. The Balaban J connectivity index is 2.05. The van der Waals surface area contributed by atoms with Gasteiger partial charge in [0, 0.05) is 0 Å². The average molecular weight is 447 g/mol. The van der Waals surface area contributed by atoms with Gasteiger partial charge in [0.25, 0.3) is 0 Å². The first-order valence-corrected chi connectivity index (χ1v) is 12.6. The van der Waals surface area contributed by atoms with Crippen LogP contribution in [0.15, 0.2) is 36.4 Å². The second kappa shape index (κ2) is 9.87. The molecular weight excluding hydrogens is 404 g/mol. The maximum absolute atomic E-state index is 12.0. The summed E-state index contributed by atoms with van der Waals surface area (Å²) in [5.41, 5.74) is 9.27. The summed E-state index contributed by atoms with van der Waals surface area (Å²) in [5, 5.41) is 0. The van der Waals surface area contributed by atoms with Gasteiger partial charge in [0.05, 0.1) is 12.2 Å². The summed E-state index contributed by atoms with van der Waals surface area (Å²) < 4.78 is 5.11. The van der Waals surface area contributed by atoms with Gasteiger partial charge in [-0.3, -0.25) is 0 Å². The number of ether oxygens (including phenoxy) is 1. The second-order valence-corrected chi connectivity index (χ2v) is 11.4. The molecule has 0 N–H and O–H groups in total. The highest BCUT2D eigenvalue weighted by molar-refractivity contribution is 5.90. The van der Waals surface area contributed by atoms with E-state index in [1.165, 1.54) is 47.1 Å². The Labute approximate surface area is 201 Å². The lowest BCUT2D eigenvalue weighted by molar-refractivity contribution is 0.0526. The molecule has 0 bridgehead atoms. The Bertz CT molecular complexity index is 1020. The maximum atomic E-state index is 12.0. The van der Waals surface area contributed by atoms with Crippen molar-refractivity contribution in [1.29, 1.82) is 0 Å². The molecule has 2 heteroatoms. The third-order valence-corrected chi connectivity index (χ3v) is 7.30. The topological polar surface area (TPSA) is 26.3 Å². The summed E-state index contributed by atoms with van der Waals surface area (Å²) in [6, 6.07) is 12.7. The number of hydrogen-bond donors (Lipinski definition) is 0. The fourth-order valence-corrected chi connectivity index (χ4v) is 4.93. The Hall–Kier alpha value is -2.35. The number of fused-ring (bicyclic) bond motifs is 1. The van der Waals surface area contributed by atoms with Gasteiger partial charge in [0.15, 0.2) is 0 Å². The van der Waals surface area contributed by atoms with E-state index in [0.717, 1.165) is 12.0 Å². The number of hydrogen-bond acceptors (Lipinski definition) is 2. The molecule has 178 valence electrons. The molecule has 0 aliphatic heterocycles. The van der Waals surface area contributed by atoms with Crippen LogP contribution in [-0.4, -0.2) is 12.6 Å². The van der Waals surface area contributed by atoms with E-state index in [4.69, 9.17) is 4.74 Å². The molecule has 0 saturated carbocycles. The molecule has 1 aliphatic carbocycles. The van der Waals surface area contributed by atoms with Crippen molar-refractivity contribution in [3.8, 4) is 0 Å². The second-order valence-electron chi connectivity index (χ2n) is 11.4. The molecule has 0 aromatic heterocycles. The minimum Gasteiger partial charge on any atom is -0.462 e. The van der Waals surface area contributed by atoms with Crippen molar-refractivity contribution < 1.29 is 9.53 Å². The Morgan fingerprint density at radius 1 is 1.00 bits per heavy atom. The Kier molecular flexibility index (Phi) is 7.56. The van der Waals surface area contributed by atoms with Crippen LogP contribution in [-0.2, 0) is 22.0 Å². The average Bonchev–Trinajstić information content (AvgIpc) is 2.75. The van der Waals surface area contributed by atoms with Gasteiger partial charge in [-0.05, 0) is 102 Å². The predicted octanol–water partition coefficient (Wildman–Crippen LogP) is 8.36. The first-order chi connectivity index (χ1) is 15.4. The van der Waals surface area contributed by atoms with E-state index in [0.29, 0.717) is 18.1 Å². The van der Waals surface area contributed by atoms with E-state index >= 15 is 0 Å². The lowest BCUT2D eigenvalue weighted by atomic mass is 9.62. The molecule has 0 saturated heterocycles. The molecule has 0 atom stereocenters. The molecule has 0 unspecified atom stereocenters. The lowest BCUT2D eigenvalue weighted by Gasteiger charge is -2.42. The van der Waals surface area contributed by atoms with Crippen LogP contribution in [0.25, 0.3) is 11.6 Å². The quantitative estimate of drug-likeness (QED) is 0.315. The van der Waals surface area contributed by atoms with Crippen LogP contribution < -0.4 is 0 Å². The van der Waals surface area contributed by atoms with Gasteiger partial charge < -0.3 is 4.74 Å². The number of carbonyl (C=O) groups is 1. The van der Waals surface area contributed by atoms with Crippen LogP contribution in [0.1, 0.15) is 113 Å². The molecule has 2 aromatic rings. The molecule has 3 rings (SSSR count). The van der Waals surface area contributed by atoms with Crippen molar-refractivity contribution in [2.24, 2.45) is 5.92 Å². The van der Waals surface area contributed by atoms with Crippen molar-refractivity contribution in [2.45, 2.75) is 91.9 Å². The van der Waals surface area contributed by atoms with Gasteiger partial charge in [0.1, 0.15) is 0 Å². The highest BCUT2D eigenvalue weighted by atomic mass is 16.5. The van der Waals surface area contributed by atoms with Gasteiger partial charge >= 0.3 is 5.97 Å². The smallest absolute Gasteiger partial charge is 0.338 e. The lowest BCUT2D eigenvalue weighted by Crippen LogP contribution is -2.34. The van der Waals surface area contributed by atoms with Crippen LogP contribution in [0.2, 0.25) is 0 Å². The predicted molar refractivity (Wildman–Crippen MR) is 141 cm³/mol. The Morgan fingerprint density at radius 2 is 1.58 bits per heavy atom. The first-order valence-electron chi connectivity index (χ1n) is 12.6. The summed E-state index contributed by atoms with van der Waals surface area (Å²) in [5.74, 6) is 0.415. The standard InChI is InChI=1S/C31H42O2/c1-9-33-29(32)24-14-11-23(12-15-24)18-22(4)26-20-28-27(19-25(26)13-10-21(2)3)30(5,6)16-17-31(28,7)8/h11-12,14-15,18-21H,9-10,13,16-17H2,1-8H3. The molecule has 0 amide bonds. The molecule has 1 aliphatic rings. The maximum Gasteiger partial charge on any atom is 0.338 e. The van der Waals surface area contributed by atoms with Crippen molar-refractivity contribution in [3.63, 3.8) is 0 Å². The van der Waals surface area contributed by atoms with E-state index in [9.17, 15) is 4.79 Å². The van der Waals surface area contributed by atoms with Crippen LogP contribution in [0.5, 0.6) is 0 Å². The number of rotatable bonds is 7. The normalized spacial score (nSPS) is 17.1. The minimum atomic E-state index is -0.264.